The molecule has 0 N–H and O–H groups in total. The van der Waals surface area contributed by atoms with Crippen molar-refractivity contribution in [3.63, 3.8) is 0 Å². The Kier molecular flexibility index (Phi) is 6.20. The van der Waals surface area contributed by atoms with Gasteiger partial charge in [0.1, 0.15) is 10.8 Å². The Morgan fingerprint density at radius 1 is 1.17 bits per heavy atom. The van der Waals surface area contributed by atoms with E-state index >= 15 is 0 Å². The summed E-state index contributed by atoms with van der Waals surface area (Å²) in [5, 5.41) is 2.83. The highest BCUT2D eigenvalue weighted by Gasteiger charge is 2.27. The van der Waals surface area contributed by atoms with Crippen LogP contribution in [0.1, 0.15) is 43.0 Å². The third-order valence-corrected chi connectivity index (χ3v) is 6.26. The molecule has 1 atom stereocenters. The molecule has 1 saturated heterocycles. The summed E-state index contributed by atoms with van der Waals surface area (Å²) in [7, 11) is 1.67. The van der Waals surface area contributed by atoms with Crippen molar-refractivity contribution >= 4 is 17.2 Å². The van der Waals surface area contributed by atoms with Crippen LogP contribution in [0.2, 0.25) is 0 Å². The zero-order valence-electron chi connectivity index (χ0n) is 16.6. The second-order valence-electron chi connectivity index (χ2n) is 7.26. The van der Waals surface area contributed by atoms with Crippen LogP contribution in [0.15, 0.2) is 54.0 Å². The van der Waals surface area contributed by atoms with Crippen LogP contribution >= 0.6 is 11.3 Å². The van der Waals surface area contributed by atoms with Gasteiger partial charge in [-0.15, -0.1) is 11.3 Å². The number of likely N-dealkylation sites (tertiary alicyclic amines) is 1. The summed E-state index contributed by atoms with van der Waals surface area (Å²) < 4.78 is 5.28. The Bertz CT molecular complexity index is 940. The fraction of sp³-hybridized carbons (Fsp3) is 0.348. The van der Waals surface area contributed by atoms with Crippen molar-refractivity contribution in [2.75, 3.05) is 13.7 Å². The lowest BCUT2D eigenvalue weighted by Crippen LogP contribution is -2.36. The van der Waals surface area contributed by atoms with Gasteiger partial charge in [0.25, 0.3) is 0 Å². The lowest BCUT2D eigenvalue weighted by atomic mass is 10.00. The van der Waals surface area contributed by atoms with Crippen molar-refractivity contribution in [3.8, 4) is 16.5 Å². The summed E-state index contributed by atoms with van der Waals surface area (Å²) in [6, 6.07) is 14.0. The molecule has 1 aliphatic rings. The van der Waals surface area contributed by atoms with Crippen molar-refractivity contribution in [2.45, 2.75) is 38.1 Å². The van der Waals surface area contributed by atoms with E-state index in [9.17, 15) is 4.79 Å². The fourth-order valence-electron chi connectivity index (χ4n) is 3.83. The first-order valence-corrected chi connectivity index (χ1v) is 10.9. The van der Waals surface area contributed by atoms with Gasteiger partial charge in [0.2, 0.25) is 5.91 Å². The smallest absolute Gasteiger partial charge is 0.229 e. The van der Waals surface area contributed by atoms with Crippen molar-refractivity contribution in [3.05, 3.63) is 65.3 Å². The second-order valence-corrected chi connectivity index (χ2v) is 8.12. The molecule has 1 aliphatic heterocycles. The number of methoxy groups -OCH3 is 1. The molecule has 3 heterocycles. The Morgan fingerprint density at radius 3 is 2.79 bits per heavy atom. The number of carbonyl (C=O) groups excluding carboxylic acids is 1. The number of aromatic nitrogens is 2. The zero-order valence-corrected chi connectivity index (χ0v) is 17.4. The van der Waals surface area contributed by atoms with Gasteiger partial charge in [0.05, 0.1) is 31.0 Å². The minimum absolute atomic E-state index is 0.116. The molecule has 3 aromatic rings. The first-order chi connectivity index (χ1) is 14.2. The van der Waals surface area contributed by atoms with Gasteiger partial charge in [0, 0.05) is 18.1 Å². The van der Waals surface area contributed by atoms with Gasteiger partial charge in [-0.3, -0.25) is 9.78 Å². The number of amides is 1. The monoisotopic (exact) mass is 407 g/mol. The predicted octanol–water partition coefficient (Wildman–Crippen LogP) is 4.90. The van der Waals surface area contributed by atoms with Crippen LogP contribution in [0, 0.1) is 0 Å². The maximum Gasteiger partial charge on any atom is 0.229 e. The van der Waals surface area contributed by atoms with Gasteiger partial charge in [0.15, 0.2) is 0 Å². The maximum absolute atomic E-state index is 13.2. The van der Waals surface area contributed by atoms with E-state index in [1.54, 1.807) is 13.3 Å². The zero-order chi connectivity index (χ0) is 20.1. The number of pyridine rings is 1. The standard InChI is InChI=1S/C23H25N3O2S/c1-28-19-11-9-17(10-12-19)21-8-3-2-6-14-26(21)22(27)15-18-16-29-23(25-18)20-7-4-5-13-24-20/h4-5,7,9-13,16,21H,2-3,6,8,14-15H2,1H3. The molecular weight excluding hydrogens is 382 g/mol. The molecule has 1 aromatic carbocycles. The molecule has 1 fully saturated rings. The largest absolute Gasteiger partial charge is 0.497 e. The number of thiazole rings is 1. The second kappa shape index (κ2) is 9.18. The molecule has 0 bridgehead atoms. The number of benzene rings is 1. The van der Waals surface area contributed by atoms with Gasteiger partial charge >= 0.3 is 0 Å². The molecule has 5 nitrogen and oxygen atoms in total. The Morgan fingerprint density at radius 2 is 2.03 bits per heavy atom. The maximum atomic E-state index is 13.2. The highest BCUT2D eigenvalue weighted by Crippen LogP contribution is 2.32. The van der Waals surface area contributed by atoms with E-state index in [4.69, 9.17) is 4.74 Å². The minimum Gasteiger partial charge on any atom is -0.497 e. The van der Waals surface area contributed by atoms with Crippen LogP contribution in [0.25, 0.3) is 10.7 Å². The van der Waals surface area contributed by atoms with Gasteiger partial charge < -0.3 is 9.64 Å². The quantitative estimate of drug-likeness (QED) is 0.604. The van der Waals surface area contributed by atoms with Crippen molar-refractivity contribution in [1.82, 2.24) is 14.9 Å². The van der Waals surface area contributed by atoms with Crippen LogP contribution in [0.4, 0.5) is 0 Å². The van der Waals surface area contributed by atoms with E-state index in [-0.39, 0.29) is 11.9 Å². The van der Waals surface area contributed by atoms with Crippen LogP contribution in [-0.4, -0.2) is 34.4 Å². The highest BCUT2D eigenvalue weighted by atomic mass is 32.1. The molecule has 0 saturated carbocycles. The molecule has 0 aliphatic carbocycles. The van der Waals surface area contributed by atoms with Crippen molar-refractivity contribution in [2.24, 2.45) is 0 Å². The molecule has 1 amide bonds. The van der Waals surface area contributed by atoms with Crippen LogP contribution in [-0.2, 0) is 11.2 Å². The van der Waals surface area contributed by atoms with E-state index in [1.807, 2.05) is 35.7 Å². The predicted molar refractivity (Wildman–Crippen MR) is 115 cm³/mol. The third kappa shape index (κ3) is 4.65. The molecule has 1 unspecified atom stereocenters. The number of ether oxygens (including phenoxy) is 1. The first-order valence-electron chi connectivity index (χ1n) is 10.0. The summed E-state index contributed by atoms with van der Waals surface area (Å²) in [4.78, 5) is 24.3. The summed E-state index contributed by atoms with van der Waals surface area (Å²) >= 11 is 1.54. The Balaban J connectivity index is 1.51. The summed E-state index contributed by atoms with van der Waals surface area (Å²) in [6.45, 7) is 0.798. The molecule has 0 spiro atoms. The van der Waals surface area contributed by atoms with Crippen molar-refractivity contribution in [1.29, 1.82) is 0 Å². The summed E-state index contributed by atoms with van der Waals surface area (Å²) in [5.41, 5.74) is 2.84. The lowest BCUT2D eigenvalue weighted by molar-refractivity contribution is -0.133. The number of nitrogens with zero attached hydrogens (tertiary/aromatic N) is 3. The van der Waals surface area contributed by atoms with E-state index < -0.39 is 0 Å². The number of hydrogen-bond acceptors (Lipinski definition) is 5. The normalized spacial score (nSPS) is 17.0. The lowest BCUT2D eigenvalue weighted by Gasteiger charge is -2.30. The topological polar surface area (TPSA) is 55.3 Å². The molecule has 150 valence electrons. The molecule has 4 rings (SSSR count). The molecule has 6 heteroatoms. The first kappa shape index (κ1) is 19.6. The van der Waals surface area contributed by atoms with Gasteiger partial charge in [-0.1, -0.05) is 31.0 Å². The molecular formula is C23H25N3O2S. The highest BCUT2D eigenvalue weighted by molar-refractivity contribution is 7.13. The van der Waals surface area contributed by atoms with Crippen LogP contribution in [0.3, 0.4) is 0 Å². The van der Waals surface area contributed by atoms with Crippen LogP contribution in [0.5, 0.6) is 5.75 Å². The van der Waals surface area contributed by atoms with Gasteiger partial charge in [-0.2, -0.15) is 0 Å². The minimum atomic E-state index is 0.116. The number of carbonyl (C=O) groups is 1. The van der Waals surface area contributed by atoms with Gasteiger partial charge in [-0.25, -0.2) is 4.98 Å². The van der Waals surface area contributed by atoms with E-state index in [0.717, 1.165) is 54.4 Å². The molecule has 29 heavy (non-hydrogen) atoms. The number of hydrogen-bond donors (Lipinski definition) is 0. The SMILES string of the molecule is COc1ccc(C2CCCCCN2C(=O)Cc2csc(-c3ccccn3)n2)cc1. The average molecular weight is 408 g/mol. The average Bonchev–Trinajstić information content (AvgIpc) is 3.09. The summed E-state index contributed by atoms with van der Waals surface area (Å²) in [5.74, 6) is 0.982. The van der Waals surface area contributed by atoms with Crippen LogP contribution < -0.4 is 4.74 Å². The van der Waals surface area contributed by atoms with E-state index in [1.165, 1.54) is 16.9 Å². The number of rotatable bonds is 5. The fourth-order valence-corrected chi connectivity index (χ4v) is 4.63. The van der Waals surface area contributed by atoms with Gasteiger partial charge in [-0.05, 0) is 42.7 Å². The Labute approximate surface area is 175 Å². The Hall–Kier alpha value is -2.73. The molecule has 0 radical (unpaired) electrons. The van der Waals surface area contributed by atoms with Crippen molar-refractivity contribution < 1.29 is 9.53 Å². The summed E-state index contributed by atoms with van der Waals surface area (Å²) in [6.07, 6.45) is 6.44. The van der Waals surface area contributed by atoms with E-state index in [2.05, 4.69) is 27.0 Å². The molecule has 2 aromatic heterocycles. The third-order valence-electron chi connectivity index (χ3n) is 5.34. The van der Waals surface area contributed by atoms with E-state index in [0.29, 0.717) is 6.42 Å².